The molecule has 28 heavy (non-hydrogen) atoms. The highest BCUT2D eigenvalue weighted by Crippen LogP contribution is 2.17. The minimum Gasteiger partial charge on any atom is -0.490 e. The predicted octanol–water partition coefficient (Wildman–Crippen LogP) is 3.28. The third-order valence-corrected chi connectivity index (χ3v) is 3.98. The van der Waals surface area contributed by atoms with Crippen LogP contribution >= 0.6 is 0 Å². The molecule has 0 aliphatic carbocycles. The molecule has 0 saturated carbocycles. The Kier molecular flexibility index (Phi) is 8.07. The number of ether oxygens (including phenoxy) is 1. The van der Waals surface area contributed by atoms with E-state index in [2.05, 4.69) is 69.1 Å². The van der Waals surface area contributed by atoms with Gasteiger partial charge in [0.25, 0.3) is 0 Å². The highest BCUT2D eigenvalue weighted by molar-refractivity contribution is 5.49. The van der Waals surface area contributed by atoms with E-state index in [0.717, 1.165) is 17.7 Å². The minimum absolute atomic E-state index is 0.0353. The first-order valence-corrected chi connectivity index (χ1v) is 9.63. The van der Waals surface area contributed by atoms with E-state index in [-0.39, 0.29) is 12.1 Å². The number of benzene rings is 2. The summed E-state index contributed by atoms with van der Waals surface area (Å²) in [5.74, 6) is 7.07. The molecule has 2 aromatic rings. The summed E-state index contributed by atoms with van der Waals surface area (Å²) in [7, 11) is 4.11. The fourth-order valence-corrected chi connectivity index (χ4v) is 2.56. The number of para-hydroxylation sites is 1. The summed E-state index contributed by atoms with van der Waals surface area (Å²) in [4.78, 5) is 2.14. The van der Waals surface area contributed by atoms with Crippen molar-refractivity contribution in [2.24, 2.45) is 0 Å². The molecule has 0 fully saturated rings. The van der Waals surface area contributed by atoms with Crippen LogP contribution in [0.2, 0.25) is 0 Å². The van der Waals surface area contributed by atoms with Gasteiger partial charge in [-0.05, 0) is 64.7 Å². The molecule has 1 unspecified atom stereocenters. The van der Waals surface area contributed by atoms with Crippen LogP contribution in [0.15, 0.2) is 48.5 Å². The SMILES string of the molecule is CN(C)Cc1ccc(C#Cc2ccccc2OCC(O)CNC(C)(C)C)cc1. The number of hydrogen-bond donors (Lipinski definition) is 2. The van der Waals surface area contributed by atoms with Gasteiger partial charge in [0.05, 0.1) is 5.56 Å². The largest absolute Gasteiger partial charge is 0.490 e. The average Bonchev–Trinajstić information content (AvgIpc) is 2.64. The fourth-order valence-electron chi connectivity index (χ4n) is 2.56. The summed E-state index contributed by atoms with van der Waals surface area (Å²) in [5.41, 5.74) is 3.01. The van der Waals surface area contributed by atoms with Crippen LogP contribution < -0.4 is 10.1 Å². The first kappa shape index (κ1) is 22.0. The molecule has 150 valence electrons. The molecular weight excluding hydrogens is 348 g/mol. The van der Waals surface area contributed by atoms with Crippen molar-refractivity contribution >= 4 is 0 Å². The lowest BCUT2D eigenvalue weighted by Crippen LogP contribution is -2.42. The van der Waals surface area contributed by atoms with Gasteiger partial charge in [-0.15, -0.1) is 0 Å². The minimum atomic E-state index is -0.579. The molecule has 2 aromatic carbocycles. The zero-order valence-corrected chi connectivity index (χ0v) is 17.6. The molecule has 2 rings (SSSR count). The third kappa shape index (κ3) is 8.14. The molecule has 0 radical (unpaired) electrons. The Hall–Kier alpha value is -2.32. The van der Waals surface area contributed by atoms with Gasteiger partial charge >= 0.3 is 0 Å². The standard InChI is InChI=1S/C24H32N2O2/c1-24(2,3)25-16-22(27)18-28-23-9-7-6-8-21(23)15-14-19-10-12-20(13-11-19)17-26(4)5/h6-13,22,25,27H,16-18H2,1-5H3. The lowest BCUT2D eigenvalue weighted by molar-refractivity contribution is 0.0999. The van der Waals surface area contributed by atoms with E-state index >= 15 is 0 Å². The molecule has 0 aliphatic rings. The first-order chi connectivity index (χ1) is 13.2. The molecule has 4 heteroatoms. The lowest BCUT2D eigenvalue weighted by atomic mass is 10.1. The van der Waals surface area contributed by atoms with Crippen molar-refractivity contribution < 1.29 is 9.84 Å². The smallest absolute Gasteiger partial charge is 0.135 e. The highest BCUT2D eigenvalue weighted by Gasteiger charge is 2.13. The molecule has 0 bridgehead atoms. The number of nitrogens with zero attached hydrogens (tertiary/aromatic N) is 1. The summed E-state index contributed by atoms with van der Waals surface area (Å²) >= 11 is 0. The second kappa shape index (κ2) is 10.3. The van der Waals surface area contributed by atoms with Crippen LogP contribution in [0.3, 0.4) is 0 Å². The van der Waals surface area contributed by atoms with Crippen LogP contribution in [-0.2, 0) is 6.54 Å². The molecular formula is C24H32N2O2. The number of β-amino-alcohol motifs (C(OH)–C–C–N with tert-alkyl or cyclic N) is 1. The van der Waals surface area contributed by atoms with E-state index in [1.807, 2.05) is 36.4 Å². The zero-order valence-electron chi connectivity index (χ0n) is 17.6. The van der Waals surface area contributed by atoms with Crippen LogP contribution in [0.1, 0.15) is 37.5 Å². The maximum absolute atomic E-state index is 10.1. The Morgan fingerprint density at radius 1 is 1.04 bits per heavy atom. The Bertz CT molecular complexity index is 796. The van der Waals surface area contributed by atoms with E-state index in [1.54, 1.807) is 0 Å². The van der Waals surface area contributed by atoms with Crippen LogP contribution in [0.25, 0.3) is 0 Å². The van der Waals surface area contributed by atoms with E-state index < -0.39 is 6.10 Å². The van der Waals surface area contributed by atoms with Crippen molar-refractivity contribution in [3.63, 3.8) is 0 Å². The van der Waals surface area contributed by atoms with Gasteiger partial charge in [0.15, 0.2) is 0 Å². The second-order valence-corrected chi connectivity index (χ2v) is 8.28. The summed E-state index contributed by atoms with van der Waals surface area (Å²) in [5, 5.41) is 13.4. The van der Waals surface area contributed by atoms with E-state index in [1.165, 1.54) is 5.56 Å². The van der Waals surface area contributed by atoms with Gasteiger partial charge in [-0.3, -0.25) is 0 Å². The van der Waals surface area contributed by atoms with Gasteiger partial charge in [-0.2, -0.15) is 0 Å². The monoisotopic (exact) mass is 380 g/mol. The van der Waals surface area contributed by atoms with Crippen molar-refractivity contribution in [3.8, 4) is 17.6 Å². The number of hydrogen-bond acceptors (Lipinski definition) is 4. The normalized spacial score (nSPS) is 12.4. The van der Waals surface area contributed by atoms with Gasteiger partial charge in [0.1, 0.15) is 18.5 Å². The Morgan fingerprint density at radius 3 is 2.36 bits per heavy atom. The van der Waals surface area contributed by atoms with Crippen LogP contribution in [0, 0.1) is 11.8 Å². The van der Waals surface area contributed by atoms with Gasteiger partial charge in [-0.25, -0.2) is 0 Å². The summed E-state index contributed by atoms with van der Waals surface area (Å²) in [6, 6.07) is 16.0. The number of rotatable bonds is 7. The average molecular weight is 381 g/mol. The number of nitrogens with one attached hydrogen (secondary N) is 1. The lowest BCUT2D eigenvalue weighted by Gasteiger charge is -2.23. The van der Waals surface area contributed by atoms with Crippen LogP contribution in [0.5, 0.6) is 5.75 Å². The number of aliphatic hydroxyl groups excluding tert-OH is 1. The molecule has 0 heterocycles. The predicted molar refractivity (Wildman–Crippen MR) is 116 cm³/mol. The van der Waals surface area contributed by atoms with Gasteiger partial charge < -0.3 is 20.1 Å². The van der Waals surface area contributed by atoms with Gasteiger partial charge in [-0.1, -0.05) is 36.1 Å². The molecule has 4 nitrogen and oxygen atoms in total. The van der Waals surface area contributed by atoms with E-state index in [9.17, 15) is 5.11 Å². The number of aliphatic hydroxyl groups is 1. The first-order valence-electron chi connectivity index (χ1n) is 9.63. The molecule has 2 N–H and O–H groups in total. The summed E-state index contributed by atoms with van der Waals surface area (Å²) in [6.07, 6.45) is -0.579. The van der Waals surface area contributed by atoms with Crippen molar-refractivity contribution in [3.05, 3.63) is 65.2 Å². The van der Waals surface area contributed by atoms with Crippen molar-refractivity contribution in [1.29, 1.82) is 0 Å². The van der Waals surface area contributed by atoms with Crippen molar-refractivity contribution in [1.82, 2.24) is 10.2 Å². The second-order valence-electron chi connectivity index (χ2n) is 8.28. The molecule has 1 atom stereocenters. The van der Waals surface area contributed by atoms with E-state index in [4.69, 9.17) is 4.74 Å². The molecule has 0 spiro atoms. The fraction of sp³-hybridized carbons (Fsp3) is 0.417. The molecule has 0 aromatic heterocycles. The maximum atomic E-state index is 10.1. The molecule has 0 aliphatic heterocycles. The third-order valence-electron chi connectivity index (χ3n) is 3.98. The van der Waals surface area contributed by atoms with E-state index in [0.29, 0.717) is 12.3 Å². The zero-order chi connectivity index (χ0) is 20.6. The van der Waals surface area contributed by atoms with Gasteiger partial charge in [0, 0.05) is 24.2 Å². The molecule has 0 saturated heterocycles. The Labute approximate surface area is 169 Å². The Morgan fingerprint density at radius 2 is 1.71 bits per heavy atom. The maximum Gasteiger partial charge on any atom is 0.135 e. The van der Waals surface area contributed by atoms with Crippen LogP contribution in [0.4, 0.5) is 0 Å². The van der Waals surface area contributed by atoms with Crippen LogP contribution in [-0.4, -0.2) is 48.9 Å². The quantitative estimate of drug-likeness (QED) is 0.724. The Balaban J connectivity index is 1.99. The summed E-state index contributed by atoms with van der Waals surface area (Å²) < 4.78 is 5.82. The summed E-state index contributed by atoms with van der Waals surface area (Å²) in [6.45, 7) is 7.82. The topological polar surface area (TPSA) is 44.7 Å². The molecule has 0 amide bonds. The van der Waals surface area contributed by atoms with Crippen molar-refractivity contribution in [2.75, 3.05) is 27.2 Å². The van der Waals surface area contributed by atoms with Crippen molar-refractivity contribution in [2.45, 2.75) is 39.0 Å². The highest BCUT2D eigenvalue weighted by atomic mass is 16.5. The van der Waals surface area contributed by atoms with Gasteiger partial charge in [0.2, 0.25) is 0 Å².